The third-order valence-corrected chi connectivity index (χ3v) is 8.06. The van der Waals surface area contributed by atoms with E-state index in [4.69, 9.17) is 11.6 Å². The highest BCUT2D eigenvalue weighted by molar-refractivity contribution is 6.30. The molecule has 2 heterocycles. The van der Waals surface area contributed by atoms with Gasteiger partial charge in [-0.3, -0.25) is 4.90 Å². The monoisotopic (exact) mass is 559 g/mol. The fourth-order valence-corrected chi connectivity index (χ4v) is 5.92. The molecule has 0 amide bonds. The number of piperazine rings is 1. The van der Waals surface area contributed by atoms with Gasteiger partial charge < -0.3 is 9.47 Å². The predicted octanol–water partition coefficient (Wildman–Crippen LogP) is 8.31. The van der Waals surface area contributed by atoms with Crippen LogP contribution in [-0.4, -0.2) is 35.6 Å². The zero-order valence-electron chi connectivity index (χ0n) is 22.4. The second kappa shape index (κ2) is 10.7. The molecule has 0 aliphatic carbocycles. The van der Waals surface area contributed by atoms with Crippen LogP contribution in [0.1, 0.15) is 16.8 Å². The second-order valence-electron chi connectivity index (χ2n) is 10.4. The summed E-state index contributed by atoms with van der Waals surface area (Å²) in [5, 5.41) is 3.02. The smallest absolute Gasteiger partial charge is 0.196 e. The Bertz CT molecular complexity index is 1700. The maximum atomic E-state index is 14.6. The van der Waals surface area contributed by atoms with Gasteiger partial charge in [-0.2, -0.15) is 0 Å². The highest BCUT2D eigenvalue weighted by Gasteiger charge is 2.26. The van der Waals surface area contributed by atoms with Crippen molar-refractivity contribution in [2.75, 3.05) is 31.1 Å². The van der Waals surface area contributed by atoms with Crippen LogP contribution in [0.15, 0.2) is 78.9 Å². The molecule has 40 heavy (non-hydrogen) atoms. The van der Waals surface area contributed by atoms with Gasteiger partial charge in [0.05, 0.1) is 17.1 Å². The maximum absolute atomic E-state index is 14.6. The van der Waals surface area contributed by atoms with E-state index >= 15 is 0 Å². The van der Waals surface area contributed by atoms with Gasteiger partial charge in [0.25, 0.3) is 0 Å². The standard InChI is InChI=1S/C33H29ClF3N3/c1-21-18-29(31(36)32(37)30(21)35)39-16-14-38(15-17-39)20-25-19-22(2)40(33(25)24-10-12-26(34)13-11-24)28-9-5-7-23-6-3-4-8-27(23)28/h3-13,18-19H,14-17,20H2,1-2H3. The lowest BCUT2D eigenvalue weighted by molar-refractivity contribution is 0.249. The van der Waals surface area contributed by atoms with Gasteiger partial charge in [0.15, 0.2) is 17.5 Å². The Balaban J connectivity index is 1.34. The van der Waals surface area contributed by atoms with E-state index in [0.717, 1.165) is 22.6 Å². The highest BCUT2D eigenvalue weighted by atomic mass is 35.5. The zero-order valence-corrected chi connectivity index (χ0v) is 23.2. The normalized spacial score (nSPS) is 14.3. The van der Waals surface area contributed by atoms with Crippen molar-refractivity contribution >= 4 is 28.1 Å². The SMILES string of the molecule is Cc1cc(N2CCN(Cc3cc(C)n(-c4cccc5ccccc45)c3-c3ccc(Cl)cc3)CC2)c(F)c(F)c1F. The number of fused-ring (bicyclic) bond motifs is 1. The molecule has 0 radical (unpaired) electrons. The molecule has 0 N–H and O–H groups in total. The van der Waals surface area contributed by atoms with Gasteiger partial charge in [-0.05, 0) is 66.3 Å². The van der Waals surface area contributed by atoms with Gasteiger partial charge in [-0.25, -0.2) is 13.2 Å². The summed E-state index contributed by atoms with van der Waals surface area (Å²) in [6.45, 7) is 6.63. The Morgan fingerprint density at radius 3 is 2.17 bits per heavy atom. The first-order valence-corrected chi connectivity index (χ1v) is 13.8. The summed E-state index contributed by atoms with van der Waals surface area (Å²) in [6, 6.07) is 26.3. The van der Waals surface area contributed by atoms with Gasteiger partial charge in [-0.1, -0.05) is 60.1 Å². The number of benzene rings is 4. The Hall–Kier alpha value is -3.74. The average Bonchev–Trinajstić information content (AvgIpc) is 3.29. The third kappa shape index (κ3) is 4.76. The minimum Gasteiger partial charge on any atom is -0.367 e. The minimum absolute atomic E-state index is 0.106. The van der Waals surface area contributed by atoms with E-state index in [1.165, 1.54) is 29.3 Å². The molecule has 0 atom stereocenters. The van der Waals surface area contributed by atoms with Gasteiger partial charge in [0.1, 0.15) is 0 Å². The van der Waals surface area contributed by atoms with Crippen molar-refractivity contribution in [2.45, 2.75) is 20.4 Å². The van der Waals surface area contributed by atoms with Gasteiger partial charge in [0, 0.05) is 48.8 Å². The third-order valence-electron chi connectivity index (χ3n) is 7.81. The first-order valence-electron chi connectivity index (χ1n) is 13.4. The number of anilines is 1. The van der Waals surface area contributed by atoms with Gasteiger partial charge >= 0.3 is 0 Å². The molecule has 7 heteroatoms. The summed E-state index contributed by atoms with van der Waals surface area (Å²) in [4.78, 5) is 4.12. The first kappa shape index (κ1) is 26.5. The summed E-state index contributed by atoms with van der Waals surface area (Å²) in [7, 11) is 0. The fourth-order valence-electron chi connectivity index (χ4n) is 5.79. The van der Waals surface area contributed by atoms with Crippen LogP contribution >= 0.6 is 11.6 Å². The van der Waals surface area contributed by atoms with Crippen molar-refractivity contribution in [3.63, 3.8) is 0 Å². The van der Waals surface area contributed by atoms with Crippen LogP contribution in [0, 0.1) is 31.3 Å². The summed E-state index contributed by atoms with van der Waals surface area (Å²) in [5.74, 6) is -3.65. The molecule has 1 aliphatic rings. The van der Waals surface area contributed by atoms with Crippen molar-refractivity contribution in [1.29, 1.82) is 0 Å². The molecule has 0 unspecified atom stereocenters. The molecule has 6 rings (SSSR count). The largest absolute Gasteiger partial charge is 0.367 e. The van der Waals surface area contributed by atoms with Crippen molar-refractivity contribution < 1.29 is 13.2 Å². The molecule has 204 valence electrons. The molecular formula is C33H29ClF3N3. The number of hydrogen-bond acceptors (Lipinski definition) is 2. The number of aromatic nitrogens is 1. The number of hydrogen-bond donors (Lipinski definition) is 0. The van der Waals surface area contributed by atoms with E-state index in [1.54, 1.807) is 4.90 Å². The summed E-state index contributed by atoms with van der Waals surface area (Å²) in [5.41, 5.74) is 5.81. The predicted molar refractivity (Wildman–Crippen MR) is 157 cm³/mol. The number of rotatable bonds is 5. The summed E-state index contributed by atoms with van der Waals surface area (Å²) in [6.07, 6.45) is 0. The van der Waals surface area contributed by atoms with Crippen LogP contribution in [0.5, 0.6) is 0 Å². The van der Waals surface area contributed by atoms with Crippen LogP contribution in [-0.2, 0) is 6.54 Å². The molecule has 5 aromatic rings. The molecule has 1 aliphatic heterocycles. The van der Waals surface area contributed by atoms with Crippen LogP contribution in [0.3, 0.4) is 0 Å². The lowest BCUT2D eigenvalue weighted by Crippen LogP contribution is -2.46. The number of aryl methyl sites for hydroxylation is 2. The van der Waals surface area contributed by atoms with E-state index in [9.17, 15) is 13.2 Å². The van der Waals surface area contributed by atoms with E-state index in [2.05, 4.69) is 58.9 Å². The van der Waals surface area contributed by atoms with Gasteiger partial charge in [-0.15, -0.1) is 0 Å². The maximum Gasteiger partial charge on any atom is 0.196 e. The number of nitrogens with zero attached hydrogens (tertiary/aromatic N) is 3. The van der Waals surface area contributed by atoms with Crippen LogP contribution in [0.4, 0.5) is 18.9 Å². The van der Waals surface area contributed by atoms with E-state index in [-0.39, 0.29) is 11.3 Å². The van der Waals surface area contributed by atoms with Crippen LogP contribution in [0.2, 0.25) is 5.02 Å². The van der Waals surface area contributed by atoms with Crippen molar-refractivity contribution in [3.05, 3.63) is 118 Å². The molecule has 4 aromatic carbocycles. The van der Waals surface area contributed by atoms with Crippen molar-refractivity contribution in [3.8, 4) is 16.9 Å². The summed E-state index contributed by atoms with van der Waals surface area (Å²) < 4.78 is 44.8. The molecule has 1 fully saturated rings. The molecule has 1 saturated heterocycles. The average molecular weight is 560 g/mol. The van der Waals surface area contributed by atoms with Crippen LogP contribution in [0.25, 0.3) is 27.7 Å². The minimum atomic E-state index is -1.41. The van der Waals surface area contributed by atoms with E-state index in [1.807, 2.05) is 30.3 Å². The van der Waals surface area contributed by atoms with Gasteiger partial charge in [0.2, 0.25) is 0 Å². The van der Waals surface area contributed by atoms with E-state index in [0.29, 0.717) is 37.7 Å². The Labute approximate surface area is 237 Å². The first-order chi connectivity index (χ1) is 19.3. The quantitative estimate of drug-likeness (QED) is 0.201. The Morgan fingerprint density at radius 1 is 0.725 bits per heavy atom. The molecule has 0 bridgehead atoms. The molecule has 0 spiro atoms. The van der Waals surface area contributed by atoms with Crippen molar-refractivity contribution in [2.24, 2.45) is 0 Å². The lowest BCUT2D eigenvalue weighted by atomic mass is 10.1. The Kier molecular flexibility index (Phi) is 7.07. The summed E-state index contributed by atoms with van der Waals surface area (Å²) >= 11 is 6.25. The zero-order chi connectivity index (χ0) is 28.0. The number of halogens is 4. The van der Waals surface area contributed by atoms with E-state index < -0.39 is 17.5 Å². The Morgan fingerprint density at radius 2 is 1.43 bits per heavy atom. The molecular weight excluding hydrogens is 531 g/mol. The highest BCUT2D eigenvalue weighted by Crippen LogP contribution is 2.35. The molecule has 1 aromatic heterocycles. The lowest BCUT2D eigenvalue weighted by Gasteiger charge is -2.36. The fraction of sp³-hybridized carbons (Fsp3) is 0.212. The van der Waals surface area contributed by atoms with Crippen LogP contribution < -0.4 is 4.90 Å². The topological polar surface area (TPSA) is 11.4 Å². The molecule has 3 nitrogen and oxygen atoms in total. The van der Waals surface area contributed by atoms with Crippen molar-refractivity contribution in [1.82, 2.24) is 9.47 Å². The second-order valence-corrected chi connectivity index (χ2v) is 10.9. The molecule has 0 saturated carbocycles.